The van der Waals surface area contributed by atoms with E-state index >= 15 is 0 Å². The highest BCUT2D eigenvalue weighted by Crippen LogP contribution is 2.47. The zero-order valence-electron chi connectivity index (χ0n) is 45.0. The van der Waals surface area contributed by atoms with E-state index in [1.807, 2.05) is 48.4 Å². The van der Waals surface area contributed by atoms with Gasteiger partial charge >= 0.3 is 0 Å². The van der Waals surface area contributed by atoms with Crippen LogP contribution in [0.1, 0.15) is 99.1 Å². The van der Waals surface area contributed by atoms with Crippen molar-refractivity contribution in [2.24, 2.45) is 14.1 Å². The Balaban J connectivity index is 0.000000162. The highest BCUT2D eigenvalue weighted by atomic mass is 16.5. The third kappa shape index (κ3) is 9.10. The van der Waals surface area contributed by atoms with Crippen molar-refractivity contribution in [2.45, 2.75) is 103 Å². The molecule has 396 valence electrons. The first kappa shape index (κ1) is 50.5. The standard InChI is InChI=1S/2C28H34N8O2/c2*1-18-15-35(27-11-20(13-29)23(12-26(27)33(18)4)21-14-30-32(3)16-21)28-24-17-34(19(2)37)8-5-25(24)36(31-28)22-6-9-38-10-7-22/h2*11-12,14,16,18,22H,5-10,15,17H2,1-4H3/t2*18-/m10/s1. The first-order chi connectivity index (χ1) is 36.7. The van der Waals surface area contributed by atoms with Crippen LogP contribution in [0.5, 0.6) is 0 Å². The zero-order valence-corrected chi connectivity index (χ0v) is 45.0. The maximum absolute atomic E-state index is 12.4. The van der Waals surface area contributed by atoms with E-state index < -0.39 is 0 Å². The summed E-state index contributed by atoms with van der Waals surface area (Å²) in [5.74, 6) is 1.97. The molecule has 2 atom stereocenters. The Labute approximate surface area is 444 Å². The van der Waals surface area contributed by atoms with Crippen LogP contribution in [-0.2, 0) is 59.1 Å². The summed E-state index contributed by atoms with van der Waals surface area (Å²) in [5.41, 5.74) is 13.5. The Morgan fingerprint density at radius 1 is 0.592 bits per heavy atom. The number of aryl methyl sites for hydroxylation is 2. The summed E-state index contributed by atoms with van der Waals surface area (Å²) >= 11 is 0. The number of fused-ring (bicyclic) bond motifs is 4. The van der Waals surface area contributed by atoms with E-state index in [1.54, 1.807) is 35.6 Å². The van der Waals surface area contributed by atoms with E-state index in [0.717, 1.165) is 146 Å². The molecule has 2 fully saturated rings. The van der Waals surface area contributed by atoms with Crippen molar-refractivity contribution in [2.75, 3.05) is 86.3 Å². The van der Waals surface area contributed by atoms with Crippen LogP contribution in [0.2, 0.25) is 0 Å². The number of aromatic nitrogens is 8. The number of carbonyl (C=O) groups excluding carboxylic acids is 2. The van der Waals surface area contributed by atoms with E-state index in [2.05, 4.69) is 91.4 Å². The number of nitriles is 2. The highest BCUT2D eigenvalue weighted by Gasteiger charge is 2.39. The Morgan fingerprint density at radius 2 is 0.987 bits per heavy atom. The molecule has 4 aromatic heterocycles. The third-order valence-corrected chi connectivity index (χ3v) is 16.7. The number of rotatable bonds is 6. The lowest BCUT2D eigenvalue weighted by Crippen LogP contribution is -2.44. The summed E-state index contributed by atoms with van der Waals surface area (Å²) in [5, 5.41) is 39.5. The second-order valence-corrected chi connectivity index (χ2v) is 21.4. The molecule has 2 amide bonds. The Morgan fingerprint density at radius 3 is 1.33 bits per heavy atom. The minimum Gasteiger partial charge on any atom is -0.381 e. The largest absolute Gasteiger partial charge is 0.381 e. The molecule has 12 rings (SSSR count). The van der Waals surface area contributed by atoms with Crippen LogP contribution in [-0.4, -0.2) is 140 Å². The molecule has 0 N–H and O–H groups in total. The fourth-order valence-corrected chi connectivity index (χ4v) is 12.1. The van der Waals surface area contributed by atoms with Crippen LogP contribution in [0, 0.1) is 22.7 Å². The number of nitrogens with zero attached hydrogens (tertiary/aromatic N) is 16. The molecule has 0 radical (unpaired) electrons. The van der Waals surface area contributed by atoms with Gasteiger partial charge in [0.25, 0.3) is 0 Å². The molecule has 0 bridgehead atoms. The lowest BCUT2D eigenvalue weighted by molar-refractivity contribution is -0.130. The third-order valence-electron chi connectivity index (χ3n) is 16.7. The van der Waals surface area contributed by atoms with E-state index in [1.165, 1.54) is 11.4 Å². The molecular weight excluding hydrogens is 961 g/mol. The summed E-state index contributed by atoms with van der Waals surface area (Å²) in [7, 11) is 7.97. The van der Waals surface area contributed by atoms with Gasteiger partial charge in [0.05, 0.1) is 83.6 Å². The molecule has 2 saturated heterocycles. The minimum atomic E-state index is 0.0837. The van der Waals surface area contributed by atoms with Crippen molar-refractivity contribution in [1.29, 1.82) is 10.5 Å². The topological polar surface area (TPSA) is 191 Å². The van der Waals surface area contributed by atoms with Crippen molar-refractivity contribution < 1.29 is 19.1 Å². The molecule has 0 aliphatic carbocycles. The Hall–Kier alpha value is -7.68. The molecule has 6 aliphatic rings. The monoisotopic (exact) mass is 1030 g/mol. The average molecular weight is 1030 g/mol. The van der Waals surface area contributed by atoms with Gasteiger partial charge in [-0.05, 0) is 63.8 Å². The fourth-order valence-electron chi connectivity index (χ4n) is 12.1. The number of carbonyl (C=O) groups is 2. The van der Waals surface area contributed by atoms with Gasteiger partial charge in [0, 0.05) is 177 Å². The van der Waals surface area contributed by atoms with Crippen LogP contribution >= 0.6 is 0 Å². The molecule has 6 aromatic rings. The number of ether oxygens (including phenoxy) is 2. The van der Waals surface area contributed by atoms with E-state index in [4.69, 9.17) is 19.7 Å². The van der Waals surface area contributed by atoms with Crippen LogP contribution in [0.25, 0.3) is 22.3 Å². The lowest BCUT2D eigenvalue weighted by Gasteiger charge is -2.41. The number of hydrogen-bond acceptors (Lipinski definition) is 14. The predicted molar refractivity (Wildman–Crippen MR) is 289 cm³/mol. The van der Waals surface area contributed by atoms with Crippen molar-refractivity contribution in [1.82, 2.24) is 48.9 Å². The number of anilines is 6. The molecule has 6 aliphatic heterocycles. The van der Waals surface area contributed by atoms with Gasteiger partial charge < -0.3 is 38.9 Å². The summed E-state index contributed by atoms with van der Waals surface area (Å²) in [6, 6.07) is 14.1. The smallest absolute Gasteiger partial charge is 0.219 e. The van der Waals surface area contributed by atoms with Crippen LogP contribution in [0.15, 0.2) is 49.1 Å². The highest BCUT2D eigenvalue weighted by molar-refractivity contribution is 5.89. The normalized spacial score (nSPS) is 19.8. The number of amides is 2. The van der Waals surface area contributed by atoms with Crippen molar-refractivity contribution in [3.05, 3.63) is 82.7 Å². The van der Waals surface area contributed by atoms with Gasteiger partial charge in [0.1, 0.15) is 0 Å². The van der Waals surface area contributed by atoms with E-state index in [-0.39, 0.29) is 23.9 Å². The van der Waals surface area contributed by atoms with E-state index in [9.17, 15) is 20.1 Å². The molecule has 10 heterocycles. The van der Waals surface area contributed by atoms with Crippen LogP contribution in [0.4, 0.5) is 34.4 Å². The Bertz CT molecular complexity index is 3070. The van der Waals surface area contributed by atoms with Crippen molar-refractivity contribution in [3.8, 4) is 34.4 Å². The number of benzene rings is 2. The predicted octanol–water partition coefficient (Wildman–Crippen LogP) is 6.78. The van der Waals surface area contributed by atoms with Crippen LogP contribution in [0.3, 0.4) is 0 Å². The average Bonchev–Trinajstić information content (AvgIpc) is 4.31. The quantitative estimate of drug-likeness (QED) is 0.170. The first-order valence-corrected chi connectivity index (χ1v) is 26.7. The van der Waals surface area contributed by atoms with Gasteiger partial charge in [-0.15, -0.1) is 0 Å². The van der Waals surface area contributed by atoms with Crippen LogP contribution < -0.4 is 19.6 Å². The molecule has 2 aromatic carbocycles. The van der Waals surface area contributed by atoms with Gasteiger partial charge in [-0.2, -0.15) is 30.9 Å². The zero-order chi connectivity index (χ0) is 53.1. The minimum absolute atomic E-state index is 0.0837. The molecule has 76 heavy (non-hydrogen) atoms. The fraction of sp³-hybridized carbons (Fsp3) is 0.500. The molecular formula is C56H68N16O4. The summed E-state index contributed by atoms with van der Waals surface area (Å²) < 4.78 is 19.2. The molecule has 0 spiro atoms. The summed E-state index contributed by atoms with van der Waals surface area (Å²) in [4.78, 5) is 37.7. The van der Waals surface area contributed by atoms with Crippen molar-refractivity contribution in [3.63, 3.8) is 0 Å². The number of likely N-dealkylation sites (N-methyl/N-ethyl adjacent to an activating group) is 2. The molecule has 0 unspecified atom stereocenters. The van der Waals surface area contributed by atoms with Crippen molar-refractivity contribution >= 4 is 46.2 Å². The molecule has 20 nitrogen and oxygen atoms in total. The van der Waals surface area contributed by atoms with Gasteiger partial charge in [0.2, 0.25) is 11.8 Å². The molecule has 0 saturated carbocycles. The number of hydrogen-bond donors (Lipinski definition) is 0. The maximum Gasteiger partial charge on any atom is 0.219 e. The second-order valence-electron chi connectivity index (χ2n) is 21.4. The van der Waals surface area contributed by atoms with E-state index in [0.29, 0.717) is 49.4 Å². The summed E-state index contributed by atoms with van der Waals surface area (Å²) in [6.07, 6.45) is 12.8. The van der Waals surface area contributed by atoms with Gasteiger partial charge in [-0.1, -0.05) is 0 Å². The SMILES string of the molecule is CC(=O)N1CCc2c(c(N3C[C@@H](C)N(C)c4cc(-c5cnn(C)c5)c(C#N)cc43)nn2C2CCOCC2)C1.CC(=O)N1CCc2c(c(N3C[C@H](C)N(C)c4cc(-c5cnn(C)c5)c(C#N)cc43)nn2C2CCOCC2)C1. The lowest BCUT2D eigenvalue weighted by atomic mass is 9.97. The maximum atomic E-state index is 12.4. The van der Waals surface area contributed by atoms with Gasteiger partial charge in [-0.3, -0.25) is 28.3 Å². The van der Waals surface area contributed by atoms with Gasteiger partial charge in [-0.25, -0.2) is 0 Å². The Kier molecular flexibility index (Phi) is 13.6. The van der Waals surface area contributed by atoms with Gasteiger partial charge in [0.15, 0.2) is 11.6 Å². The molecule has 20 heteroatoms. The second kappa shape index (κ2) is 20.5. The first-order valence-electron chi connectivity index (χ1n) is 26.7. The summed E-state index contributed by atoms with van der Waals surface area (Å²) in [6.45, 7) is 14.7.